The van der Waals surface area contributed by atoms with Crippen LogP contribution >= 0.6 is 11.6 Å². The van der Waals surface area contributed by atoms with Crippen molar-refractivity contribution < 1.29 is 23.1 Å². The number of sulfone groups is 1. The van der Waals surface area contributed by atoms with Crippen LogP contribution < -0.4 is 4.74 Å². The van der Waals surface area contributed by atoms with E-state index in [2.05, 4.69) is 4.98 Å². The fraction of sp³-hybridized carbons (Fsp3) is 0.217. The van der Waals surface area contributed by atoms with Crippen molar-refractivity contribution in [3.05, 3.63) is 71.0 Å². The second kappa shape index (κ2) is 8.80. The molecule has 1 aliphatic rings. The van der Waals surface area contributed by atoms with Gasteiger partial charge in [0.1, 0.15) is 10.6 Å². The van der Waals surface area contributed by atoms with Gasteiger partial charge in [0.25, 0.3) is 5.91 Å². The Labute approximate surface area is 191 Å². The molecule has 4 rings (SSSR count). The summed E-state index contributed by atoms with van der Waals surface area (Å²) in [7, 11) is -2.62. The third-order valence-electron chi connectivity index (χ3n) is 5.37. The summed E-state index contributed by atoms with van der Waals surface area (Å²) in [6.45, 7) is 1.22. The highest BCUT2D eigenvalue weighted by molar-refractivity contribution is 7.90. The van der Waals surface area contributed by atoms with E-state index in [0.717, 1.165) is 17.5 Å². The van der Waals surface area contributed by atoms with Crippen LogP contribution in [0.3, 0.4) is 0 Å². The lowest BCUT2D eigenvalue weighted by atomic mass is 10.0. The number of aromatic hydroxyl groups is 1. The Morgan fingerprint density at radius 3 is 2.59 bits per heavy atom. The number of carbonyl (C=O) groups excluding carboxylic acids is 1. The number of phenolic OH excluding ortho intramolecular Hbond substituents is 1. The lowest BCUT2D eigenvalue weighted by molar-refractivity contribution is 0.0651. The van der Waals surface area contributed by atoms with Crippen molar-refractivity contribution in [2.45, 2.75) is 17.1 Å². The number of halogens is 1. The van der Waals surface area contributed by atoms with Gasteiger partial charge in [-0.1, -0.05) is 23.7 Å². The quantitative estimate of drug-likeness (QED) is 0.583. The Morgan fingerprint density at radius 2 is 1.97 bits per heavy atom. The van der Waals surface area contributed by atoms with E-state index in [9.17, 15) is 18.3 Å². The zero-order chi connectivity index (χ0) is 22.9. The SMILES string of the molecule is COc1ccc(-c2cccnc2)cc1CS(=O)(=O)c1cc(C(=O)N2CCC2)cc(Cl)c1O. The van der Waals surface area contributed by atoms with Crippen LogP contribution in [0.5, 0.6) is 11.5 Å². The first-order valence-electron chi connectivity index (χ1n) is 9.92. The molecule has 7 nitrogen and oxygen atoms in total. The highest BCUT2D eigenvalue weighted by atomic mass is 35.5. The van der Waals surface area contributed by atoms with E-state index in [1.54, 1.807) is 35.5 Å². The molecule has 1 fully saturated rings. The Hall–Kier alpha value is -3.10. The molecule has 0 atom stereocenters. The summed E-state index contributed by atoms with van der Waals surface area (Å²) in [6, 6.07) is 11.3. The average molecular weight is 473 g/mol. The molecule has 9 heteroatoms. The molecule has 0 radical (unpaired) electrons. The summed E-state index contributed by atoms with van der Waals surface area (Å²) in [5.41, 5.74) is 2.13. The molecule has 0 spiro atoms. The molecule has 1 amide bonds. The third-order valence-corrected chi connectivity index (χ3v) is 7.33. The number of methoxy groups -OCH3 is 1. The summed E-state index contributed by atoms with van der Waals surface area (Å²) in [4.78, 5) is 17.9. The third kappa shape index (κ3) is 4.28. The molecule has 1 aliphatic heterocycles. The Balaban J connectivity index is 1.73. The second-order valence-electron chi connectivity index (χ2n) is 7.48. The molecule has 0 bridgehead atoms. The van der Waals surface area contributed by atoms with Gasteiger partial charge in [-0.05, 0) is 42.3 Å². The molecule has 3 aromatic rings. The van der Waals surface area contributed by atoms with Crippen molar-refractivity contribution in [3.8, 4) is 22.6 Å². The van der Waals surface area contributed by atoms with Gasteiger partial charge in [-0.15, -0.1) is 0 Å². The van der Waals surface area contributed by atoms with E-state index in [1.807, 2.05) is 12.1 Å². The molecule has 2 heterocycles. The van der Waals surface area contributed by atoms with Crippen molar-refractivity contribution >= 4 is 27.3 Å². The van der Waals surface area contributed by atoms with Crippen LogP contribution in [-0.2, 0) is 15.6 Å². The minimum absolute atomic E-state index is 0.127. The van der Waals surface area contributed by atoms with Crippen LogP contribution in [0.4, 0.5) is 0 Å². The number of carbonyl (C=O) groups is 1. The van der Waals surface area contributed by atoms with Crippen molar-refractivity contribution in [1.82, 2.24) is 9.88 Å². The van der Waals surface area contributed by atoms with Gasteiger partial charge in [0.2, 0.25) is 0 Å². The van der Waals surface area contributed by atoms with Gasteiger partial charge in [0.05, 0.1) is 17.9 Å². The van der Waals surface area contributed by atoms with E-state index in [4.69, 9.17) is 16.3 Å². The minimum atomic E-state index is -4.07. The standard InChI is InChI=1S/C23H21ClN2O5S/c1-31-20-6-5-15(16-4-2-7-25-13-16)10-18(20)14-32(29,30)21-12-17(11-19(24)22(21)27)23(28)26-8-3-9-26/h2,4-7,10-13,27H,3,8-9,14H2,1H3. The van der Waals surface area contributed by atoms with Gasteiger partial charge in [0, 0.05) is 42.2 Å². The lowest BCUT2D eigenvalue weighted by Gasteiger charge is -2.31. The van der Waals surface area contributed by atoms with Crippen molar-refractivity contribution in [1.29, 1.82) is 0 Å². The van der Waals surface area contributed by atoms with Gasteiger partial charge in [-0.3, -0.25) is 9.78 Å². The maximum Gasteiger partial charge on any atom is 0.253 e. The number of ether oxygens (including phenoxy) is 1. The zero-order valence-electron chi connectivity index (χ0n) is 17.3. The lowest BCUT2D eigenvalue weighted by Crippen LogP contribution is -2.42. The first kappa shape index (κ1) is 22.1. The summed E-state index contributed by atoms with van der Waals surface area (Å²) in [5, 5.41) is 10.2. The largest absolute Gasteiger partial charge is 0.505 e. The number of likely N-dealkylation sites (tertiary alicyclic amines) is 1. The number of benzene rings is 2. The molecule has 1 N–H and O–H groups in total. The minimum Gasteiger partial charge on any atom is -0.505 e. The molecule has 166 valence electrons. The second-order valence-corrected chi connectivity index (χ2v) is 9.84. The molecule has 2 aromatic carbocycles. The molecule has 1 aromatic heterocycles. The average Bonchev–Trinajstić information content (AvgIpc) is 2.74. The number of hydrogen-bond donors (Lipinski definition) is 1. The Morgan fingerprint density at radius 1 is 1.19 bits per heavy atom. The predicted octanol–water partition coefficient (Wildman–Crippen LogP) is 3.94. The van der Waals surface area contributed by atoms with E-state index >= 15 is 0 Å². The molecule has 32 heavy (non-hydrogen) atoms. The van der Waals surface area contributed by atoms with Crippen molar-refractivity contribution in [2.24, 2.45) is 0 Å². The molecular weight excluding hydrogens is 452 g/mol. The van der Waals surface area contributed by atoms with Gasteiger partial charge in [-0.2, -0.15) is 0 Å². The molecule has 0 aliphatic carbocycles. The van der Waals surface area contributed by atoms with Crippen LogP contribution in [0, 0.1) is 0 Å². The summed E-state index contributed by atoms with van der Waals surface area (Å²) >= 11 is 6.08. The number of amides is 1. The number of aromatic nitrogens is 1. The zero-order valence-corrected chi connectivity index (χ0v) is 18.9. The van der Waals surface area contributed by atoms with Crippen molar-refractivity contribution in [2.75, 3.05) is 20.2 Å². The van der Waals surface area contributed by atoms with Crippen LogP contribution in [0.1, 0.15) is 22.3 Å². The monoisotopic (exact) mass is 472 g/mol. The van der Waals surface area contributed by atoms with Crippen LogP contribution in [0.25, 0.3) is 11.1 Å². The number of hydrogen-bond acceptors (Lipinski definition) is 6. The number of phenols is 1. The van der Waals surface area contributed by atoms with Gasteiger partial charge in [-0.25, -0.2) is 8.42 Å². The number of rotatable bonds is 6. The van der Waals surface area contributed by atoms with Crippen molar-refractivity contribution in [3.63, 3.8) is 0 Å². The Bertz CT molecular complexity index is 1280. The Kier molecular flexibility index (Phi) is 6.08. The normalized spacial score (nSPS) is 13.5. The van der Waals surface area contributed by atoms with Gasteiger partial charge in [0.15, 0.2) is 15.6 Å². The summed E-state index contributed by atoms with van der Waals surface area (Å²) < 4.78 is 32.0. The first-order chi connectivity index (χ1) is 15.3. The fourth-order valence-electron chi connectivity index (χ4n) is 3.52. The molecule has 0 unspecified atom stereocenters. The van der Waals surface area contributed by atoms with Gasteiger partial charge >= 0.3 is 0 Å². The maximum atomic E-state index is 13.3. The summed E-state index contributed by atoms with van der Waals surface area (Å²) in [6.07, 6.45) is 4.23. The smallest absolute Gasteiger partial charge is 0.253 e. The number of pyridine rings is 1. The topological polar surface area (TPSA) is 96.8 Å². The van der Waals surface area contributed by atoms with Crippen LogP contribution in [0.15, 0.2) is 59.8 Å². The molecule has 0 saturated carbocycles. The number of nitrogens with zero attached hydrogens (tertiary/aromatic N) is 2. The highest BCUT2D eigenvalue weighted by Gasteiger charge is 2.28. The van der Waals surface area contributed by atoms with Crippen LogP contribution in [-0.4, -0.2) is 49.5 Å². The van der Waals surface area contributed by atoms with E-state index in [-0.39, 0.29) is 21.4 Å². The fourth-order valence-corrected chi connectivity index (χ4v) is 5.30. The summed E-state index contributed by atoms with van der Waals surface area (Å²) in [5.74, 6) is -0.949. The van der Waals surface area contributed by atoms with E-state index < -0.39 is 21.3 Å². The van der Waals surface area contributed by atoms with E-state index in [0.29, 0.717) is 24.4 Å². The van der Waals surface area contributed by atoms with Crippen LogP contribution in [0.2, 0.25) is 5.02 Å². The molecular formula is C23H21ClN2O5S. The predicted molar refractivity (Wildman–Crippen MR) is 121 cm³/mol. The highest BCUT2D eigenvalue weighted by Crippen LogP contribution is 2.36. The van der Waals surface area contributed by atoms with E-state index in [1.165, 1.54) is 19.2 Å². The molecule has 1 saturated heterocycles. The van der Waals surface area contributed by atoms with Gasteiger partial charge < -0.3 is 14.7 Å². The maximum absolute atomic E-state index is 13.3. The first-order valence-corrected chi connectivity index (χ1v) is 11.9.